The van der Waals surface area contributed by atoms with Crippen LogP contribution < -0.4 is 24.3 Å². The topological polar surface area (TPSA) is 157 Å². The lowest BCUT2D eigenvalue weighted by atomic mass is 9.81. The summed E-state index contributed by atoms with van der Waals surface area (Å²) in [5, 5.41) is 16.1. The molecule has 1 aliphatic rings. The first-order chi connectivity index (χ1) is 23.8. The van der Waals surface area contributed by atoms with Gasteiger partial charge < -0.3 is 34.1 Å². The maximum absolute atomic E-state index is 14.7. The molecular formula is C36H36BrN5O7. The van der Waals surface area contributed by atoms with Gasteiger partial charge in [0.2, 0.25) is 11.6 Å². The fourth-order valence-electron chi connectivity index (χ4n) is 5.59. The van der Waals surface area contributed by atoms with Gasteiger partial charge in [0.25, 0.3) is 5.91 Å². The first-order valence-corrected chi connectivity index (χ1v) is 16.2. The molecule has 2 N–H and O–H groups in total. The van der Waals surface area contributed by atoms with Crippen LogP contribution in [-0.2, 0) is 22.5 Å². The molecule has 0 spiro atoms. The maximum atomic E-state index is 14.7. The van der Waals surface area contributed by atoms with E-state index in [0.29, 0.717) is 58.4 Å². The zero-order chi connectivity index (χ0) is 34.8. The molecule has 49 heavy (non-hydrogen) atoms. The summed E-state index contributed by atoms with van der Waals surface area (Å²) in [4.78, 5) is 22.8. The molecule has 0 aliphatic carbocycles. The largest absolute Gasteiger partial charge is 0.494 e. The van der Waals surface area contributed by atoms with E-state index in [2.05, 4.69) is 31.3 Å². The number of rotatable bonds is 15. The average molecular weight is 731 g/mol. The Kier molecular flexibility index (Phi) is 11.6. The van der Waals surface area contributed by atoms with E-state index in [1.807, 2.05) is 24.3 Å². The summed E-state index contributed by atoms with van der Waals surface area (Å²) >= 11 is 3.50. The first-order valence-electron chi connectivity index (χ1n) is 15.4. The minimum absolute atomic E-state index is 0.0313. The number of hydrogen-bond acceptors (Lipinski definition) is 9. The van der Waals surface area contributed by atoms with Crippen molar-refractivity contribution in [1.82, 2.24) is 5.32 Å². The summed E-state index contributed by atoms with van der Waals surface area (Å²) in [7, 11) is 4.58. The molecule has 254 valence electrons. The second-order valence-electron chi connectivity index (χ2n) is 11.1. The number of hydrogen-bond donors (Lipinski definition) is 2. The fourth-order valence-corrected chi connectivity index (χ4v) is 5.86. The third-order valence-corrected chi connectivity index (χ3v) is 8.49. The Morgan fingerprint density at radius 3 is 2.33 bits per heavy atom. The zero-order valence-corrected chi connectivity index (χ0v) is 28.8. The van der Waals surface area contributed by atoms with Crippen LogP contribution in [0, 0.1) is 0 Å². The highest BCUT2D eigenvalue weighted by Crippen LogP contribution is 2.46. The van der Waals surface area contributed by atoms with Crippen LogP contribution >= 0.6 is 15.9 Å². The van der Waals surface area contributed by atoms with Crippen molar-refractivity contribution in [1.29, 1.82) is 0 Å². The molecule has 0 radical (unpaired) electrons. The molecule has 5 rings (SSSR count). The quantitative estimate of drug-likeness (QED) is 0.0578. The predicted molar refractivity (Wildman–Crippen MR) is 188 cm³/mol. The zero-order valence-electron chi connectivity index (χ0n) is 27.3. The van der Waals surface area contributed by atoms with Crippen LogP contribution in [0.2, 0.25) is 0 Å². The minimum Gasteiger partial charge on any atom is -0.494 e. The number of aliphatic imine (C=N–C) groups is 1. The lowest BCUT2D eigenvalue weighted by Crippen LogP contribution is -2.49. The van der Waals surface area contributed by atoms with Crippen molar-refractivity contribution in [2.45, 2.75) is 31.0 Å². The number of nitrogens with one attached hydrogen (secondary N) is 1. The molecule has 1 amide bonds. The number of aliphatic hydroxyl groups is 1. The summed E-state index contributed by atoms with van der Waals surface area (Å²) < 4.78 is 29.7. The number of carbonyl (C=O) groups is 1. The highest BCUT2D eigenvalue weighted by molar-refractivity contribution is 9.10. The van der Waals surface area contributed by atoms with E-state index in [1.165, 1.54) is 21.3 Å². The van der Waals surface area contributed by atoms with Crippen LogP contribution in [0.1, 0.15) is 34.8 Å². The van der Waals surface area contributed by atoms with Crippen LogP contribution in [0.15, 0.2) is 99.5 Å². The molecule has 12 nitrogen and oxygen atoms in total. The van der Waals surface area contributed by atoms with Gasteiger partial charge in [-0.05, 0) is 65.2 Å². The number of carbonyl (C=O) groups excluding carboxylic acids is 1. The molecule has 0 bridgehead atoms. The Balaban J connectivity index is 1.60. The summed E-state index contributed by atoms with van der Waals surface area (Å²) in [6.45, 7) is 0.505. The Morgan fingerprint density at radius 1 is 1.00 bits per heavy atom. The molecule has 0 unspecified atom stereocenters. The number of azide groups is 1. The van der Waals surface area contributed by atoms with E-state index in [0.717, 1.165) is 10.0 Å². The summed E-state index contributed by atoms with van der Waals surface area (Å²) in [5.41, 5.74) is 10.8. The highest BCUT2D eigenvalue weighted by Gasteiger charge is 2.53. The fraction of sp³-hybridized carbons (Fsp3) is 0.278. The predicted octanol–water partition coefficient (Wildman–Crippen LogP) is 6.99. The Labute approximate surface area is 292 Å². The second kappa shape index (κ2) is 16.2. The van der Waals surface area contributed by atoms with Crippen molar-refractivity contribution in [3.05, 3.63) is 122 Å². The molecule has 4 aromatic carbocycles. The summed E-state index contributed by atoms with van der Waals surface area (Å²) in [6, 6.07) is 25.3. The van der Waals surface area contributed by atoms with Gasteiger partial charge in [-0.3, -0.25) is 4.79 Å². The maximum Gasteiger partial charge on any atom is 0.252 e. The van der Waals surface area contributed by atoms with Crippen molar-refractivity contribution < 1.29 is 33.6 Å². The monoisotopic (exact) mass is 729 g/mol. The molecular weight excluding hydrogens is 694 g/mol. The number of halogens is 1. The van der Waals surface area contributed by atoms with Gasteiger partial charge in [-0.15, -0.1) is 0 Å². The van der Waals surface area contributed by atoms with E-state index >= 15 is 0 Å². The number of nitrogens with zero attached hydrogens (tertiary/aromatic N) is 4. The van der Waals surface area contributed by atoms with Gasteiger partial charge in [0.05, 0.1) is 27.9 Å². The van der Waals surface area contributed by atoms with Gasteiger partial charge in [-0.1, -0.05) is 57.4 Å². The van der Waals surface area contributed by atoms with Gasteiger partial charge in [0, 0.05) is 52.2 Å². The van der Waals surface area contributed by atoms with E-state index in [4.69, 9.17) is 33.8 Å². The first kappa shape index (κ1) is 35.1. The molecule has 1 aliphatic heterocycles. The van der Waals surface area contributed by atoms with E-state index in [1.54, 1.807) is 60.7 Å². The van der Waals surface area contributed by atoms with E-state index in [-0.39, 0.29) is 25.5 Å². The van der Waals surface area contributed by atoms with Gasteiger partial charge >= 0.3 is 0 Å². The molecule has 0 aromatic heterocycles. The third-order valence-electron chi connectivity index (χ3n) is 7.97. The van der Waals surface area contributed by atoms with Crippen molar-refractivity contribution in [2.24, 2.45) is 10.1 Å². The summed E-state index contributed by atoms with van der Waals surface area (Å²) in [6.07, 6.45) is -0.316. The molecule has 13 heteroatoms. The van der Waals surface area contributed by atoms with Gasteiger partial charge in [-0.25, -0.2) is 4.99 Å². The van der Waals surface area contributed by atoms with Crippen molar-refractivity contribution >= 4 is 33.4 Å². The summed E-state index contributed by atoms with van der Waals surface area (Å²) in [5.74, 6) is 1.77. The molecule has 0 saturated heterocycles. The smallest absolute Gasteiger partial charge is 0.252 e. The number of methoxy groups -OCH3 is 3. The van der Waals surface area contributed by atoms with Gasteiger partial charge in [0.15, 0.2) is 23.1 Å². The average Bonchev–Trinajstić information content (AvgIpc) is 3.51. The Hall–Kier alpha value is -5.23. The van der Waals surface area contributed by atoms with Crippen LogP contribution in [0.5, 0.6) is 23.0 Å². The van der Waals surface area contributed by atoms with Crippen LogP contribution in [0.25, 0.3) is 10.4 Å². The number of aliphatic hydroxyl groups excluding tert-OH is 1. The Bertz CT molecular complexity index is 1820. The number of benzene rings is 4. The minimum atomic E-state index is -1.54. The molecule has 1 heterocycles. The van der Waals surface area contributed by atoms with Crippen LogP contribution in [0.3, 0.4) is 0 Å². The lowest BCUT2D eigenvalue weighted by molar-refractivity contribution is -0.129. The highest BCUT2D eigenvalue weighted by atomic mass is 79.9. The SMILES string of the molecule is COc1cc(CNC(=O)[C@]2(Cc3ccc(Br)cc3)N=C(c3ccc(OCCCO)cc3)O[C@@H]2c2ccccc2N=[N+]=[N-])cc(OC)c1OC. The standard InChI is InChI=1S/C36H36BrN5O7/c1-45-30-19-24(20-31(46-2)32(30)47-3)22-39-35(44)36(21-23-9-13-26(37)14-10-23)33(28-7-4-5-8-29(28)41-42-38)49-34(40-36)25-11-15-27(16-12-25)48-18-6-17-43/h4-5,7-16,19-20,33,43H,6,17-18,21-22H2,1-3H3,(H,39,44)/t33-,36-/m1/s1. The van der Waals surface area contributed by atoms with Crippen molar-refractivity contribution in [3.63, 3.8) is 0 Å². The lowest BCUT2D eigenvalue weighted by Gasteiger charge is -2.31. The normalized spacial score (nSPS) is 16.5. The van der Waals surface area contributed by atoms with Crippen LogP contribution in [0.4, 0.5) is 5.69 Å². The third kappa shape index (κ3) is 7.92. The molecule has 4 aromatic rings. The molecule has 2 atom stereocenters. The molecule has 0 fully saturated rings. The van der Waals surface area contributed by atoms with Gasteiger partial charge in [-0.2, -0.15) is 0 Å². The van der Waals surface area contributed by atoms with Crippen molar-refractivity contribution in [3.8, 4) is 23.0 Å². The van der Waals surface area contributed by atoms with Crippen LogP contribution in [-0.4, -0.2) is 57.0 Å². The van der Waals surface area contributed by atoms with Gasteiger partial charge in [0.1, 0.15) is 5.75 Å². The molecule has 0 saturated carbocycles. The Morgan fingerprint density at radius 2 is 1.69 bits per heavy atom. The van der Waals surface area contributed by atoms with Crippen molar-refractivity contribution in [2.75, 3.05) is 34.5 Å². The number of amides is 1. The number of ether oxygens (including phenoxy) is 5. The second-order valence-corrected chi connectivity index (χ2v) is 12.0. The van der Waals surface area contributed by atoms with E-state index < -0.39 is 17.6 Å². The van der Waals surface area contributed by atoms with E-state index in [9.17, 15) is 10.3 Å².